The molecule has 27 heavy (non-hydrogen) atoms. The second-order valence-electron chi connectivity index (χ2n) is 5.43. The molecule has 0 unspecified atom stereocenters. The zero-order valence-corrected chi connectivity index (χ0v) is 14.2. The fraction of sp³-hybridized carbons (Fsp3) is 0.0556. The molecular weight excluding hydrogens is 380 g/mol. The molecule has 0 atom stereocenters. The molecule has 3 heterocycles. The SMILES string of the molecule is O=C1OC(c2ccccc2OC(F)F)=N/C1=C/c1c(Cl)nc2ccccn12. The van der Waals surface area contributed by atoms with E-state index >= 15 is 0 Å². The molecule has 0 saturated carbocycles. The molecule has 0 aliphatic carbocycles. The van der Waals surface area contributed by atoms with Crippen LogP contribution >= 0.6 is 11.6 Å². The van der Waals surface area contributed by atoms with Gasteiger partial charge in [-0.05, 0) is 30.3 Å². The van der Waals surface area contributed by atoms with Crippen LogP contribution in [0.25, 0.3) is 11.7 Å². The Kier molecular flexibility index (Phi) is 4.33. The lowest BCUT2D eigenvalue weighted by atomic mass is 10.2. The lowest BCUT2D eigenvalue weighted by molar-refractivity contribution is -0.129. The third-order valence-corrected chi connectivity index (χ3v) is 4.03. The monoisotopic (exact) mass is 389 g/mol. The van der Waals surface area contributed by atoms with E-state index in [-0.39, 0.29) is 28.1 Å². The summed E-state index contributed by atoms with van der Waals surface area (Å²) in [6, 6.07) is 11.3. The zero-order chi connectivity index (χ0) is 19.0. The standard InChI is InChI=1S/C18H10ClF2N3O3/c19-15-12(24-8-4-3-7-14(24)23-15)9-11-17(25)27-16(22-11)10-5-1-2-6-13(10)26-18(20)21/h1-9,18H/b11-9+. The number of ether oxygens (including phenoxy) is 2. The molecule has 9 heteroatoms. The molecular formula is C18H10ClF2N3O3. The minimum absolute atomic E-state index is 0.0376. The summed E-state index contributed by atoms with van der Waals surface area (Å²) in [4.78, 5) is 20.5. The molecule has 0 amide bonds. The number of aliphatic imine (C=N–C) groups is 1. The Hall–Kier alpha value is -3.26. The number of benzene rings is 1. The highest BCUT2D eigenvalue weighted by Gasteiger charge is 2.27. The van der Waals surface area contributed by atoms with Gasteiger partial charge in [-0.1, -0.05) is 29.8 Å². The van der Waals surface area contributed by atoms with Gasteiger partial charge in [0.1, 0.15) is 11.4 Å². The second-order valence-corrected chi connectivity index (χ2v) is 5.79. The maximum absolute atomic E-state index is 12.6. The molecule has 1 aromatic carbocycles. The number of rotatable bonds is 4. The molecule has 0 N–H and O–H groups in total. The van der Waals surface area contributed by atoms with Crippen molar-refractivity contribution in [3.8, 4) is 5.75 Å². The summed E-state index contributed by atoms with van der Waals surface area (Å²) in [5, 5.41) is 0.187. The van der Waals surface area contributed by atoms with Gasteiger partial charge < -0.3 is 9.47 Å². The minimum Gasteiger partial charge on any atom is -0.434 e. The molecule has 136 valence electrons. The predicted molar refractivity (Wildman–Crippen MR) is 93.9 cm³/mol. The van der Waals surface area contributed by atoms with Crippen LogP contribution < -0.4 is 4.74 Å². The lowest BCUT2D eigenvalue weighted by Crippen LogP contribution is -2.10. The van der Waals surface area contributed by atoms with E-state index in [4.69, 9.17) is 16.3 Å². The smallest absolute Gasteiger partial charge is 0.387 e. The van der Waals surface area contributed by atoms with Crippen LogP contribution in [-0.2, 0) is 9.53 Å². The van der Waals surface area contributed by atoms with Gasteiger partial charge in [0.15, 0.2) is 10.9 Å². The number of fused-ring (bicyclic) bond motifs is 1. The van der Waals surface area contributed by atoms with Crippen molar-refractivity contribution in [1.82, 2.24) is 9.38 Å². The van der Waals surface area contributed by atoms with Crippen molar-refractivity contribution in [2.45, 2.75) is 6.61 Å². The Morgan fingerprint density at radius 1 is 1.19 bits per heavy atom. The highest BCUT2D eigenvalue weighted by atomic mass is 35.5. The Bertz CT molecular complexity index is 1110. The second kappa shape index (κ2) is 6.81. The highest BCUT2D eigenvalue weighted by Crippen LogP contribution is 2.27. The largest absolute Gasteiger partial charge is 0.434 e. The number of para-hydroxylation sites is 1. The van der Waals surface area contributed by atoms with Crippen LogP contribution in [0.4, 0.5) is 8.78 Å². The van der Waals surface area contributed by atoms with Gasteiger partial charge in [0, 0.05) is 6.20 Å². The first-order valence-corrected chi connectivity index (χ1v) is 8.10. The number of esters is 1. The van der Waals surface area contributed by atoms with Crippen molar-refractivity contribution >= 4 is 35.2 Å². The summed E-state index contributed by atoms with van der Waals surface area (Å²) in [5.41, 5.74) is 1.14. The molecule has 0 radical (unpaired) electrons. The molecule has 0 spiro atoms. The quantitative estimate of drug-likeness (QED) is 0.501. The molecule has 6 nitrogen and oxygen atoms in total. The Morgan fingerprint density at radius 2 is 1.96 bits per heavy atom. The summed E-state index contributed by atoms with van der Waals surface area (Å²) in [7, 11) is 0. The lowest BCUT2D eigenvalue weighted by Gasteiger charge is -2.08. The maximum atomic E-state index is 12.6. The summed E-state index contributed by atoms with van der Waals surface area (Å²) in [6.45, 7) is -3.02. The average Bonchev–Trinajstić information content (AvgIpc) is 3.15. The summed E-state index contributed by atoms with van der Waals surface area (Å²) in [5.74, 6) is -1.01. The Labute approximate surface area is 156 Å². The fourth-order valence-corrected chi connectivity index (χ4v) is 2.84. The van der Waals surface area contributed by atoms with Gasteiger partial charge in [-0.2, -0.15) is 8.78 Å². The molecule has 4 rings (SSSR count). The fourth-order valence-electron chi connectivity index (χ4n) is 2.61. The van der Waals surface area contributed by atoms with Crippen molar-refractivity contribution in [2.75, 3.05) is 0 Å². The number of halogens is 3. The number of imidazole rings is 1. The molecule has 0 bridgehead atoms. The van der Waals surface area contributed by atoms with Gasteiger partial charge >= 0.3 is 12.6 Å². The number of hydrogen-bond donors (Lipinski definition) is 0. The van der Waals surface area contributed by atoms with Crippen LogP contribution in [0, 0.1) is 0 Å². The molecule has 0 saturated heterocycles. The molecule has 1 aliphatic heterocycles. The van der Waals surface area contributed by atoms with Crippen molar-refractivity contribution in [3.05, 3.63) is 70.8 Å². The molecule has 0 fully saturated rings. The van der Waals surface area contributed by atoms with Crippen LogP contribution in [-0.4, -0.2) is 27.9 Å². The van der Waals surface area contributed by atoms with E-state index in [2.05, 4.69) is 14.7 Å². The summed E-state index contributed by atoms with van der Waals surface area (Å²) in [6.07, 6.45) is 3.16. The first-order valence-electron chi connectivity index (χ1n) is 7.72. The van der Waals surface area contributed by atoms with Crippen LogP contribution in [0.5, 0.6) is 5.75 Å². The van der Waals surface area contributed by atoms with E-state index in [0.717, 1.165) is 0 Å². The van der Waals surface area contributed by atoms with E-state index in [1.165, 1.54) is 24.3 Å². The molecule has 2 aromatic heterocycles. The molecule has 3 aromatic rings. The normalized spacial score (nSPS) is 15.5. The van der Waals surface area contributed by atoms with Gasteiger partial charge in [0.2, 0.25) is 5.90 Å². The number of carbonyl (C=O) groups is 1. The van der Waals surface area contributed by atoms with E-state index in [1.54, 1.807) is 34.9 Å². The van der Waals surface area contributed by atoms with Crippen molar-refractivity contribution < 1.29 is 23.0 Å². The number of alkyl halides is 2. The van der Waals surface area contributed by atoms with E-state index < -0.39 is 12.6 Å². The van der Waals surface area contributed by atoms with Gasteiger partial charge in [0.05, 0.1) is 11.3 Å². The summed E-state index contributed by atoms with van der Waals surface area (Å²) < 4.78 is 36.4. The minimum atomic E-state index is -3.02. The van der Waals surface area contributed by atoms with Gasteiger partial charge in [-0.25, -0.2) is 14.8 Å². The third kappa shape index (κ3) is 3.26. The number of hydrogen-bond acceptors (Lipinski definition) is 5. The van der Waals surface area contributed by atoms with E-state index in [1.807, 2.05) is 0 Å². The maximum Gasteiger partial charge on any atom is 0.387 e. The highest BCUT2D eigenvalue weighted by molar-refractivity contribution is 6.31. The number of pyridine rings is 1. The van der Waals surface area contributed by atoms with E-state index in [0.29, 0.717) is 11.3 Å². The number of nitrogens with zero attached hydrogens (tertiary/aromatic N) is 3. The first kappa shape index (κ1) is 17.2. The predicted octanol–water partition coefficient (Wildman–Crippen LogP) is 3.93. The van der Waals surface area contributed by atoms with Crippen molar-refractivity contribution in [2.24, 2.45) is 4.99 Å². The average molecular weight is 390 g/mol. The van der Waals surface area contributed by atoms with Crippen LogP contribution in [0.3, 0.4) is 0 Å². The van der Waals surface area contributed by atoms with Crippen molar-refractivity contribution in [3.63, 3.8) is 0 Å². The van der Waals surface area contributed by atoms with Gasteiger partial charge in [0.25, 0.3) is 0 Å². The van der Waals surface area contributed by atoms with Gasteiger partial charge in [-0.15, -0.1) is 0 Å². The number of carbonyl (C=O) groups excluding carboxylic acids is 1. The van der Waals surface area contributed by atoms with Gasteiger partial charge in [-0.3, -0.25) is 4.40 Å². The first-order chi connectivity index (χ1) is 13.0. The van der Waals surface area contributed by atoms with Crippen LogP contribution in [0.2, 0.25) is 5.15 Å². The number of aromatic nitrogens is 2. The third-order valence-electron chi connectivity index (χ3n) is 3.75. The van der Waals surface area contributed by atoms with Crippen LogP contribution in [0.1, 0.15) is 11.3 Å². The zero-order valence-electron chi connectivity index (χ0n) is 13.5. The Morgan fingerprint density at radius 3 is 2.78 bits per heavy atom. The van der Waals surface area contributed by atoms with E-state index in [9.17, 15) is 13.6 Å². The summed E-state index contributed by atoms with van der Waals surface area (Å²) >= 11 is 6.15. The Balaban J connectivity index is 1.76. The van der Waals surface area contributed by atoms with Crippen LogP contribution in [0.15, 0.2) is 59.4 Å². The van der Waals surface area contributed by atoms with Crippen molar-refractivity contribution in [1.29, 1.82) is 0 Å². The topological polar surface area (TPSA) is 65.2 Å². The number of cyclic esters (lactones) is 1. The molecule has 1 aliphatic rings.